The van der Waals surface area contributed by atoms with Crippen LogP contribution in [-0.4, -0.2) is 64.2 Å². The largest absolute Gasteiger partial charge is 0.392 e. The normalized spacial score (nSPS) is 19.1. The first-order valence-corrected chi connectivity index (χ1v) is 7.89. The molecule has 1 fully saturated rings. The molecule has 5 nitrogen and oxygen atoms in total. The molecule has 2 rings (SSSR count). The Balaban J connectivity index is 1.71. The molecule has 0 saturated carbocycles. The lowest BCUT2D eigenvalue weighted by Crippen LogP contribution is -2.40. The second-order valence-corrected chi connectivity index (χ2v) is 6.44. The van der Waals surface area contributed by atoms with E-state index in [9.17, 15) is 5.11 Å². The van der Waals surface area contributed by atoms with Crippen molar-refractivity contribution in [3.63, 3.8) is 0 Å². The van der Waals surface area contributed by atoms with Crippen LogP contribution in [0.1, 0.15) is 31.2 Å². The van der Waals surface area contributed by atoms with Crippen LogP contribution in [0.4, 0.5) is 0 Å². The first-order valence-electron chi connectivity index (χ1n) is 7.89. The molecule has 0 aliphatic carbocycles. The molecule has 1 atom stereocenters. The maximum Gasteiger partial charge on any atom is 0.0726 e. The van der Waals surface area contributed by atoms with Gasteiger partial charge in [0.05, 0.1) is 17.5 Å². The van der Waals surface area contributed by atoms with Crippen molar-refractivity contribution in [1.82, 2.24) is 19.8 Å². The van der Waals surface area contributed by atoms with Gasteiger partial charge >= 0.3 is 0 Å². The lowest BCUT2D eigenvalue weighted by Gasteiger charge is -2.34. The van der Waals surface area contributed by atoms with Crippen LogP contribution in [-0.2, 0) is 6.54 Å². The van der Waals surface area contributed by atoms with E-state index in [1.54, 1.807) is 0 Å². The van der Waals surface area contributed by atoms with Gasteiger partial charge in [0.1, 0.15) is 0 Å². The number of aromatic nitrogens is 2. The van der Waals surface area contributed by atoms with Crippen molar-refractivity contribution in [1.29, 1.82) is 0 Å². The minimum Gasteiger partial charge on any atom is -0.392 e. The zero-order valence-electron chi connectivity index (χ0n) is 13.5. The first-order chi connectivity index (χ1) is 10.0. The lowest BCUT2D eigenvalue weighted by molar-refractivity contribution is 0.0918. The van der Waals surface area contributed by atoms with Crippen LogP contribution in [0, 0.1) is 12.8 Å². The monoisotopic (exact) mass is 292 g/mol. The molecule has 0 spiro atoms. The Morgan fingerprint density at radius 1 is 1.33 bits per heavy atom. The molecule has 1 N–H and O–H groups in total. The van der Waals surface area contributed by atoms with Crippen molar-refractivity contribution >= 4 is 0 Å². The molecule has 118 valence electrons. The van der Waals surface area contributed by atoms with Gasteiger partial charge in [0.25, 0.3) is 0 Å². The van der Waals surface area contributed by atoms with Crippen molar-refractivity contribution in [2.45, 2.75) is 39.3 Å². The van der Waals surface area contributed by atoms with Crippen molar-refractivity contribution in [3.8, 4) is 0 Å². The summed E-state index contributed by atoms with van der Waals surface area (Å²) in [5.41, 5.74) is 2.00. The van der Waals surface area contributed by atoms with E-state index in [0.717, 1.165) is 50.0 Å². The predicted molar refractivity (Wildman–Crippen MR) is 83.9 cm³/mol. The summed E-state index contributed by atoms with van der Waals surface area (Å²) in [6.45, 7) is 8.81. The van der Waals surface area contributed by atoms with E-state index >= 15 is 0 Å². The number of rotatable bonds is 6. The van der Waals surface area contributed by atoms with E-state index in [1.807, 2.05) is 26.2 Å². The fourth-order valence-corrected chi connectivity index (χ4v) is 3.01. The van der Waals surface area contributed by atoms with Crippen molar-refractivity contribution in [2.24, 2.45) is 5.92 Å². The first kappa shape index (κ1) is 16.3. The van der Waals surface area contributed by atoms with Crippen LogP contribution in [0.15, 0.2) is 12.4 Å². The van der Waals surface area contributed by atoms with Crippen LogP contribution in [0.5, 0.6) is 0 Å². The number of hydrogen-bond acceptors (Lipinski definition) is 5. The fraction of sp³-hybridized carbons (Fsp3) is 0.750. The molecule has 0 radical (unpaired) electrons. The third kappa shape index (κ3) is 5.69. The Morgan fingerprint density at radius 3 is 2.62 bits per heavy atom. The topological polar surface area (TPSA) is 52.5 Å². The number of piperidine rings is 1. The summed E-state index contributed by atoms with van der Waals surface area (Å²) in [4.78, 5) is 13.4. The number of aryl methyl sites for hydroxylation is 1. The lowest BCUT2D eigenvalue weighted by atomic mass is 9.96. The Kier molecular flexibility index (Phi) is 6.08. The highest BCUT2D eigenvalue weighted by Crippen LogP contribution is 2.18. The van der Waals surface area contributed by atoms with Gasteiger partial charge in [0.15, 0.2) is 0 Å². The molecule has 5 heteroatoms. The van der Waals surface area contributed by atoms with Crippen molar-refractivity contribution < 1.29 is 5.11 Å². The minimum atomic E-state index is -0.218. The van der Waals surface area contributed by atoms with Gasteiger partial charge in [-0.05, 0) is 52.7 Å². The Labute approximate surface area is 128 Å². The molecule has 21 heavy (non-hydrogen) atoms. The Bertz CT molecular complexity index is 413. The highest BCUT2D eigenvalue weighted by atomic mass is 16.3. The summed E-state index contributed by atoms with van der Waals surface area (Å²) >= 11 is 0. The van der Waals surface area contributed by atoms with E-state index in [-0.39, 0.29) is 6.10 Å². The van der Waals surface area contributed by atoms with Gasteiger partial charge in [0, 0.05) is 32.0 Å². The molecule has 0 amide bonds. The highest BCUT2D eigenvalue weighted by molar-refractivity contribution is 5.00. The van der Waals surface area contributed by atoms with Crippen LogP contribution in [0.2, 0.25) is 0 Å². The smallest absolute Gasteiger partial charge is 0.0726 e. The number of hydrogen-bond donors (Lipinski definition) is 1. The average Bonchev–Trinajstić information content (AvgIpc) is 2.43. The Morgan fingerprint density at radius 2 is 2.05 bits per heavy atom. The van der Waals surface area contributed by atoms with Gasteiger partial charge in [-0.15, -0.1) is 0 Å². The third-order valence-corrected chi connectivity index (χ3v) is 4.07. The van der Waals surface area contributed by atoms with E-state index < -0.39 is 0 Å². The van der Waals surface area contributed by atoms with Crippen molar-refractivity contribution in [2.75, 3.05) is 33.2 Å². The molecular weight excluding hydrogens is 264 g/mol. The molecule has 1 aromatic heterocycles. The minimum absolute atomic E-state index is 0.218. The summed E-state index contributed by atoms with van der Waals surface area (Å²) in [6, 6.07) is 0. The molecule has 0 bridgehead atoms. The summed E-state index contributed by atoms with van der Waals surface area (Å²) in [5.74, 6) is 0.749. The molecule has 2 heterocycles. The summed E-state index contributed by atoms with van der Waals surface area (Å²) < 4.78 is 0. The number of aliphatic hydroxyl groups excluding tert-OH is 1. The van der Waals surface area contributed by atoms with E-state index in [0.29, 0.717) is 0 Å². The number of nitrogens with zero attached hydrogens (tertiary/aromatic N) is 4. The average molecular weight is 292 g/mol. The quantitative estimate of drug-likeness (QED) is 0.857. The second kappa shape index (κ2) is 7.82. The number of aliphatic hydroxyl groups is 1. The summed E-state index contributed by atoms with van der Waals surface area (Å²) in [7, 11) is 2.16. The van der Waals surface area contributed by atoms with Crippen LogP contribution in [0.25, 0.3) is 0 Å². The van der Waals surface area contributed by atoms with Crippen LogP contribution in [0.3, 0.4) is 0 Å². The standard InChI is InChI=1S/C16H28N4O/c1-13-8-18-16(9-17-13)12-19(3)11-15-4-6-20(7-5-15)10-14(2)21/h8-9,14-15,21H,4-7,10-12H2,1-3H3/t14-/m1/s1. The fourth-order valence-electron chi connectivity index (χ4n) is 3.01. The van der Waals surface area contributed by atoms with Gasteiger partial charge in [-0.25, -0.2) is 0 Å². The molecule has 1 saturated heterocycles. The SMILES string of the molecule is Cc1cnc(CN(C)CC2CCN(C[C@@H](C)O)CC2)cn1. The molecule has 0 aromatic carbocycles. The molecular formula is C16H28N4O. The Hall–Kier alpha value is -1.04. The van der Waals surface area contributed by atoms with Gasteiger partial charge in [-0.1, -0.05) is 0 Å². The maximum absolute atomic E-state index is 9.44. The van der Waals surface area contributed by atoms with Crippen LogP contribution >= 0.6 is 0 Å². The second-order valence-electron chi connectivity index (χ2n) is 6.44. The number of likely N-dealkylation sites (tertiary alicyclic amines) is 1. The zero-order valence-corrected chi connectivity index (χ0v) is 13.5. The summed E-state index contributed by atoms with van der Waals surface area (Å²) in [5, 5.41) is 9.44. The molecule has 0 unspecified atom stereocenters. The van der Waals surface area contributed by atoms with Gasteiger partial charge < -0.3 is 14.9 Å². The van der Waals surface area contributed by atoms with Crippen molar-refractivity contribution in [3.05, 3.63) is 23.8 Å². The third-order valence-electron chi connectivity index (χ3n) is 4.07. The zero-order chi connectivity index (χ0) is 15.2. The van der Waals surface area contributed by atoms with Gasteiger partial charge in [0.2, 0.25) is 0 Å². The maximum atomic E-state index is 9.44. The molecule has 1 aromatic rings. The molecule has 1 aliphatic rings. The van der Waals surface area contributed by atoms with E-state index in [1.165, 1.54) is 12.8 Å². The highest BCUT2D eigenvalue weighted by Gasteiger charge is 2.21. The van der Waals surface area contributed by atoms with E-state index in [2.05, 4.69) is 26.8 Å². The number of β-amino-alcohol motifs (C(OH)–C–C–N with tert-alkyl or cyclic N) is 1. The van der Waals surface area contributed by atoms with Crippen LogP contribution < -0.4 is 0 Å². The van der Waals surface area contributed by atoms with Gasteiger partial charge in [-0.2, -0.15) is 0 Å². The van der Waals surface area contributed by atoms with E-state index in [4.69, 9.17) is 0 Å². The predicted octanol–water partition coefficient (Wildman–Crippen LogP) is 1.31. The summed E-state index contributed by atoms with van der Waals surface area (Å²) in [6.07, 6.45) is 5.92. The van der Waals surface area contributed by atoms with Gasteiger partial charge in [-0.3, -0.25) is 9.97 Å². The molecule has 1 aliphatic heterocycles.